The summed E-state index contributed by atoms with van der Waals surface area (Å²) < 4.78 is 7.95. The first-order chi connectivity index (χ1) is 13.3. The van der Waals surface area contributed by atoms with Crippen LogP contribution in [0, 0.1) is 0 Å². The van der Waals surface area contributed by atoms with Crippen molar-refractivity contribution in [2.75, 3.05) is 0 Å². The van der Waals surface area contributed by atoms with E-state index in [0.29, 0.717) is 18.0 Å². The zero-order valence-electron chi connectivity index (χ0n) is 14.9. The van der Waals surface area contributed by atoms with Gasteiger partial charge in [-0.1, -0.05) is 18.6 Å². The molecule has 7 heteroatoms. The van der Waals surface area contributed by atoms with Crippen molar-refractivity contribution in [3.63, 3.8) is 0 Å². The summed E-state index contributed by atoms with van der Waals surface area (Å²) in [6.45, 7) is 1.85. The van der Waals surface area contributed by atoms with Gasteiger partial charge in [-0.25, -0.2) is 0 Å². The predicted molar refractivity (Wildman–Crippen MR) is 103 cm³/mol. The highest BCUT2D eigenvalue weighted by atomic mass is 32.1. The largest absolute Gasteiger partial charge is 0.488 e. The number of benzene rings is 1. The highest BCUT2D eigenvalue weighted by Gasteiger charge is 2.23. The minimum Gasteiger partial charge on any atom is -0.488 e. The first-order valence-electron chi connectivity index (χ1n) is 9.33. The molecule has 4 heterocycles. The third-order valence-electron chi connectivity index (χ3n) is 5.14. The third kappa shape index (κ3) is 3.02. The summed E-state index contributed by atoms with van der Waals surface area (Å²) in [6, 6.07) is 9.90. The van der Waals surface area contributed by atoms with Crippen LogP contribution in [0.2, 0.25) is 0 Å². The van der Waals surface area contributed by atoms with Crippen molar-refractivity contribution in [3.8, 4) is 16.2 Å². The molecule has 1 N–H and O–H groups in total. The van der Waals surface area contributed by atoms with Gasteiger partial charge in [0.25, 0.3) is 5.91 Å². The van der Waals surface area contributed by atoms with Crippen molar-refractivity contribution >= 4 is 17.2 Å². The number of ether oxygens (including phenoxy) is 1. The molecule has 2 aliphatic rings. The molecule has 0 radical (unpaired) electrons. The Hall–Kier alpha value is -2.67. The topological polar surface area (TPSA) is 69.0 Å². The van der Waals surface area contributed by atoms with Gasteiger partial charge in [0.15, 0.2) is 5.82 Å². The van der Waals surface area contributed by atoms with E-state index in [2.05, 4.69) is 20.1 Å². The number of nitrogens with zero attached hydrogens (tertiary/aromatic N) is 3. The molecule has 0 saturated carbocycles. The monoisotopic (exact) mass is 380 g/mol. The number of hydrogen-bond acceptors (Lipinski definition) is 5. The number of nitrogens with one attached hydrogen (secondary N) is 1. The average Bonchev–Trinajstić information content (AvgIpc) is 3.23. The Morgan fingerprint density at radius 2 is 2.15 bits per heavy atom. The van der Waals surface area contributed by atoms with Crippen molar-refractivity contribution in [2.45, 2.75) is 45.4 Å². The number of para-hydroxylation sites is 1. The molecule has 0 saturated heterocycles. The Balaban J connectivity index is 1.33. The van der Waals surface area contributed by atoms with Crippen LogP contribution in [0.25, 0.3) is 10.4 Å². The summed E-state index contributed by atoms with van der Waals surface area (Å²) in [6.07, 6.45) is 4.50. The number of aryl methyl sites for hydroxylation is 1. The standard InChI is InChI=1S/C20H20N4O2S/c25-20(21-11-18-23-22-17-8-2-1-5-9-24(17)18)16-10-13-12-26-15-7-4-3-6-14(15)19(13)27-16/h3-4,6-7,10H,1-2,5,8-9,11-12H2,(H,21,25). The summed E-state index contributed by atoms with van der Waals surface area (Å²) in [4.78, 5) is 14.5. The molecule has 0 atom stereocenters. The first kappa shape index (κ1) is 16.5. The molecule has 3 aromatic rings. The number of amides is 1. The van der Waals surface area contributed by atoms with Gasteiger partial charge in [0.2, 0.25) is 0 Å². The second kappa shape index (κ2) is 6.81. The van der Waals surface area contributed by atoms with Crippen LogP contribution in [0.4, 0.5) is 0 Å². The van der Waals surface area contributed by atoms with Gasteiger partial charge in [-0.15, -0.1) is 21.5 Å². The van der Waals surface area contributed by atoms with Crippen LogP contribution in [0.1, 0.15) is 46.1 Å². The van der Waals surface area contributed by atoms with Crippen LogP contribution < -0.4 is 10.1 Å². The van der Waals surface area contributed by atoms with E-state index in [1.807, 2.05) is 30.3 Å². The summed E-state index contributed by atoms with van der Waals surface area (Å²) in [5, 5.41) is 11.6. The second-order valence-electron chi connectivity index (χ2n) is 6.93. The Morgan fingerprint density at radius 3 is 3.11 bits per heavy atom. The van der Waals surface area contributed by atoms with Gasteiger partial charge < -0.3 is 14.6 Å². The molecule has 1 amide bonds. The molecular formula is C20H20N4O2S. The van der Waals surface area contributed by atoms with E-state index < -0.39 is 0 Å². The van der Waals surface area contributed by atoms with Crippen molar-refractivity contribution in [1.29, 1.82) is 0 Å². The fraction of sp³-hybridized carbons (Fsp3) is 0.350. The summed E-state index contributed by atoms with van der Waals surface area (Å²) in [5.41, 5.74) is 2.13. The molecule has 1 aromatic carbocycles. The van der Waals surface area contributed by atoms with Crippen LogP contribution >= 0.6 is 11.3 Å². The van der Waals surface area contributed by atoms with Gasteiger partial charge in [-0.05, 0) is 31.0 Å². The molecule has 6 nitrogen and oxygen atoms in total. The SMILES string of the molecule is O=C(NCc1nnc2n1CCCCC2)c1cc2c(s1)-c1ccccc1OC2. The lowest BCUT2D eigenvalue weighted by molar-refractivity contribution is 0.0953. The summed E-state index contributed by atoms with van der Waals surface area (Å²) in [7, 11) is 0. The van der Waals surface area contributed by atoms with Gasteiger partial charge in [-0.3, -0.25) is 4.79 Å². The van der Waals surface area contributed by atoms with Gasteiger partial charge in [0.1, 0.15) is 18.2 Å². The van der Waals surface area contributed by atoms with Crippen LogP contribution in [0.3, 0.4) is 0 Å². The Kier molecular flexibility index (Phi) is 4.16. The number of carbonyl (C=O) groups is 1. The van der Waals surface area contributed by atoms with E-state index in [0.717, 1.165) is 59.2 Å². The number of fused-ring (bicyclic) bond motifs is 4. The van der Waals surface area contributed by atoms with Gasteiger partial charge in [0.05, 0.1) is 11.4 Å². The lowest BCUT2D eigenvalue weighted by Gasteiger charge is -2.16. The van der Waals surface area contributed by atoms with Gasteiger partial charge in [0, 0.05) is 29.0 Å². The normalized spacial score (nSPS) is 15.1. The third-order valence-corrected chi connectivity index (χ3v) is 6.35. The molecule has 0 spiro atoms. The Morgan fingerprint density at radius 1 is 1.22 bits per heavy atom. The molecule has 27 heavy (non-hydrogen) atoms. The van der Waals surface area contributed by atoms with E-state index in [1.54, 1.807) is 0 Å². The maximum absolute atomic E-state index is 12.7. The van der Waals surface area contributed by atoms with E-state index in [1.165, 1.54) is 17.8 Å². The zero-order valence-corrected chi connectivity index (χ0v) is 15.7. The van der Waals surface area contributed by atoms with Crippen molar-refractivity contribution in [1.82, 2.24) is 20.1 Å². The second-order valence-corrected chi connectivity index (χ2v) is 7.98. The summed E-state index contributed by atoms with van der Waals surface area (Å²) >= 11 is 1.52. The quantitative estimate of drug-likeness (QED) is 0.754. The molecule has 0 bridgehead atoms. The molecule has 0 fully saturated rings. The summed E-state index contributed by atoms with van der Waals surface area (Å²) in [5.74, 6) is 2.69. The Labute approximate surface area is 161 Å². The lowest BCUT2D eigenvalue weighted by Crippen LogP contribution is -2.24. The maximum Gasteiger partial charge on any atom is 0.261 e. The number of thiophene rings is 1. The molecule has 0 unspecified atom stereocenters. The van der Waals surface area contributed by atoms with Gasteiger partial charge >= 0.3 is 0 Å². The molecule has 2 aliphatic heterocycles. The highest BCUT2D eigenvalue weighted by Crippen LogP contribution is 2.42. The van der Waals surface area contributed by atoms with Crippen LogP contribution in [0.5, 0.6) is 5.75 Å². The van der Waals surface area contributed by atoms with E-state index in [-0.39, 0.29) is 5.91 Å². The number of aromatic nitrogens is 3. The van der Waals surface area contributed by atoms with Crippen LogP contribution in [-0.4, -0.2) is 20.7 Å². The Bertz CT molecular complexity index is 1010. The number of rotatable bonds is 3. The fourth-order valence-electron chi connectivity index (χ4n) is 3.73. The van der Waals surface area contributed by atoms with Crippen molar-refractivity contribution < 1.29 is 9.53 Å². The molecule has 0 aliphatic carbocycles. The first-order valence-corrected chi connectivity index (χ1v) is 10.2. The predicted octanol–water partition coefficient (Wildman–Crippen LogP) is 3.56. The maximum atomic E-state index is 12.7. The molecule has 5 rings (SSSR count). The zero-order chi connectivity index (χ0) is 18.2. The highest BCUT2D eigenvalue weighted by molar-refractivity contribution is 7.17. The lowest BCUT2D eigenvalue weighted by atomic mass is 10.1. The van der Waals surface area contributed by atoms with Crippen molar-refractivity contribution in [2.24, 2.45) is 0 Å². The van der Waals surface area contributed by atoms with E-state index >= 15 is 0 Å². The average molecular weight is 380 g/mol. The molecule has 138 valence electrons. The fourth-order valence-corrected chi connectivity index (χ4v) is 4.85. The van der Waals surface area contributed by atoms with E-state index in [9.17, 15) is 4.79 Å². The van der Waals surface area contributed by atoms with Crippen LogP contribution in [-0.2, 0) is 26.1 Å². The van der Waals surface area contributed by atoms with Crippen LogP contribution in [0.15, 0.2) is 30.3 Å². The smallest absolute Gasteiger partial charge is 0.261 e. The van der Waals surface area contributed by atoms with E-state index in [4.69, 9.17) is 4.74 Å². The molecule has 2 aromatic heterocycles. The van der Waals surface area contributed by atoms with Crippen molar-refractivity contribution in [3.05, 3.63) is 52.4 Å². The minimum absolute atomic E-state index is 0.0714. The molecular weight excluding hydrogens is 360 g/mol. The number of carbonyl (C=O) groups excluding carboxylic acids is 1. The number of hydrogen-bond donors (Lipinski definition) is 1. The van der Waals surface area contributed by atoms with Gasteiger partial charge in [-0.2, -0.15) is 0 Å². The minimum atomic E-state index is -0.0714.